The summed E-state index contributed by atoms with van der Waals surface area (Å²) in [4.78, 5) is 6.54. The Kier molecular flexibility index (Phi) is 4.93. The fraction of sp³-hybridized carbons (Fsp3) is 0.312. The SMILES string of the molecule is CCCNCc1ccnc(N(C)c2ccccc2)c1. The molecule has 0 unspecified atom stereocenters. The molecule has 3 nitrogen and oxygen atoms in total. The van der Waals surface area contributed by atoms with Gasteiger partial charge in [0.05, 0.1) is 0 Å². The van der Waals surface area contributed by atoms with Gasteiger partial charge in [0, 0.05) is 25.5 Å². The van der Waals surface area contributed by atoms with E-state index in [1.807, 2.05) is 31.4 Å². The maximum absolute atomic E-state index is 4.44. The third-order valence-electron chi connectivity index (χ3n) is 3.05. The smallest absolute Gasteiger partial charge is 0.132 e. The van der Waals surface area contributed by atoms with Crippen LogP contribution in [0.25, 0.3) is 0 Å². The number of benzene rings is 1. The van der Waals surface area contributed by atoms with Crippen LogP contribution in [0.3, 0.4) is 0 Å². The Morgan fingerprint density at radius 3 is 2.68 bits per heavy atom. The molecule has 1 aromatic carbocycles. The van der Waals surface area contributed by atoms with E-state index in [1.54, 1.807) is 0 Å². The number of hydrogen-bond acceptors (Lipinski definition) is 3. The van der Waals surface area contributed by atoms with Gasteiger partial charge in [0.25, 0.3) is 0 Å². The van der Waals surface area contributed by atoms with Crippen LogP contribution in [0.1, 0.15) is 18.9 Å². The summed E-state index contributed by atoms with van der Waals surface area (Å²) in [6.45, 7) is 4.12. The largest absolute Gasteiger partial charge is 0.329 e. The number of pyridine rings is 1. The van der Waals surface area contributed by atoms with E-state index in [4.69, 9.17) is 0 Å². The van der Waals surface area contributed by atoms with Crippen LogP contribution in [-0.2, 0) is 6.54 Å². The molecule has 0 radical (unpaired) electrons. The van der Waals surface area contributed by atoms with Gasteiger partial charge in [0.2, 0.25) is 0 Å². The number of hydrogen-bond donors (Lipinski definition) is 1. The Morgan fingerprint density at radius 2 is 1.95 bits per heavy atom. The molecule has 2 aromatic rings. The van der Waals surface area contributed by atoms with Gasteiger partial charge in [-0.3, -0.25) is 0 Å². The molecule has 0 amide bonds. The number of para-hydroxylation sites is 1. The van der Waals surface area contributed by atoms with Gasteiger partial charge in [-0.25, -0.2) is 4.98 Å². The van der Waals surface area contributed by atoms with Crippen molar-refractivity contribution in [2.75, 3.05) is 18.5 Å². The highest BCUT2D eigenvalue weighted by molar-refractivity contribution is 5.59. The van der Waals surface area contributed by atoms with Crippen molar-refractivity contribution in [3.63, 3.8) is 0 Å². The molecule has 2 rings (SSSR count). The summed E-state index contributed by atoms with van der Waals surface area (Å²) in [6, 6.07) is 14.5. The average Bonchev–Trinajstić information content (AvgIpc) is 2.48. The molecular formula is C16H21N3. The van der Waals surface area contributed by atoms with Crippen molar-refractivity contribution < 1.29 is 0 Å². The third-order valence-corrected chi connectivity index (χ3v) is 3.05. The van der Waals surface area contributed by atoms with Crippen LogP contribution in [0.4, 0.5) is 11.5 Å². The van der Waals surface area contributed by atoms with Crippen molar-refractivity contribution in [3.8, 4) is 0 Å². The van der Waals surface area contributed by atoms with Crippen molar-refractivity contribution >= 4 is 11.5 Å². The molecule has 0 fully saturated rings. The lowest BCUT2D eigenvalue weighted by molar-refractivity contribution is 0.675. The molecule has 0 saturated heterocycles. The van der Waals surface area contributed by atoms with Crippen molar-refractivity contribution in [1.29, 1.82) is 0 Å². The fourth-order valence-corrected chi connectivity index (χ4v) is 1.95. The third kappa shape index (κ3) is 3.80. The van der Waals surface area contributed by atoms with Crippen LogP contribution in [0.15, 0.2) is 48.7 Å². The Labute approximate surface area is 115 Å². The minimum absolute atomic E-state index is 0.895. The number of nitrogens with zero attached hydrogens (tertiary/aromatic N) is 2. The summed E-state index contributed by atoms with van der Waals surface area (Å²) in [6.07, 6.45) is 3.03. The van der Waals surface area contributed by atoms with Crippen LogP contribution in [-0.4, -0.2) is 18.6 Å². The summed E-state index contributed by atoms with van der Waals surface area (Å²) >= 11 is 0. The lowest BCUT2D eigenvalue weighted by Crippen LogP contribution is -2.15. The molecule has 0 spiro atoms. The van der Waals surface area contributed by atoms with Gasteiger partial charge in [-0.1, -0.05) is 25.1 Å². The zero-order valence-corrected chi connectivity index (χ0v) is 11.6. The van der Waals surface area contributed by atoms with E-state index in [2.05, 4.69) is 46.4 Å². The highest BCUT2D eigenvalue weighted by Crippen LogP contribution is 2.21. The van der Waals surface area contributed by atoms with E-state index in [9.17, 15) is 0 Å². The van der Waals surface area contributed by atoms with Gasteiger partial charge < -0.3 is 10.2 Å². The predicted octanol–water partition coefficient (Wildman–Crippen LogP) is 3.35. The van der Waals surface area contributed by atoms with Crippen LogP contribution >= 0.6 is 0 Å². The zero-order valence-electron chi connectivity index (χ0n) is 11.6. The Hall–Kier alpha value is -1.87. The lowest BCUT2D eigenvalue weighted by Gasteiger charge is -2.18. The molecule has 0 aliphatic carbocycles. The first-order valence-electron chi connectivity index (χ1n) is 6.75. The summed E-state index contributed by atoms with van der Waals surface area (Å²) in [5, 5.41) is 3.41. The molecular weight excluding hydrogens is 234 g/mol. The Balaban J connectivity index is 2.10. The van der Waals surface area contributed by atoms with E-state index < -0.39 is 0 Å². The molecule has 3 heteroatoms. The normalized spacial score (nSPS) is 10.4. The molecule has 0 aliphatic heterocycles. The van der Waals surface area contributed by atoms with E-state index >= 15 is 0 Å². The maximum Gasteiger partial charge on any atom is 0.132 e. The molecule has 1 aromatic heterocycles. The van der Waals surface area contributed by atoms with Crippen LogP contribution in [0.2, 0.25) is 0 Å². The molecule has 0 bridgehead atoms. The van der Waals surface area contributed by atoms with Gasteiger partial charge >= 0.3 is 0 Å². The summed E-state index contributed by atoms with van der Waals surface area (Å²) < 4.78 is 0. The summed E-state index contributed by atoms with van der Waals surface area (Å²) in [5.41, 5.74) is 2.41. The van der Waals surface area contributed by atoms with E-state index in [1.165, 1.54) is 5.56 Å². The standard InChI is InChI=1S/C16H21N3/c1-3-10-17-13-14-9-11-18-16(12-14)19(2)15-7-5-4-6-8-15/h4-9,11-12,17H,3,10,13H2,1-2H3. The summed E-state index contributed by atoms with van der Waals surface area (Å²) in [5.74, 6) is 0.974. The quantitative estimate of drug-likeness (QED) is 0.802. The van der Waals surface area contributed by atoms with Gasteiger partial charge in [-0.15, -0.1) is 0 Å². The van der Waals surface area contributed by atoms with E-state index in [-0.39, 0.29) is 0 Å². The first kappa shape index (κ1) is 13.6. The number of nitrogens with one attached hydrogen (secondary N) is 1. The first-order valence-corrected chi connectivity index (χ1v) is 6.75. The molecule has 0 aliphatic rings. The number of rotatable bonds is 6. The topological polar surface area (TPSA) is 28.2 Å². The van der Waals surface area contributed by atoms with Crippen molar-refractivity contribution in [3.05, 3.63) is 54.2 Å². The second-order valence-corrected chi connectivity index (χ2v) is 4.59. The summed E-state index contributed by atoms with van der Waals surface area (Å²) in [7, 11) is 2.04. The Bertz CT molecular complexity index is 496. The average molecular weight is 255 g/mol. The molecule has 19 heavy (non-hydrogen) atoms. The lowest BCUT2D eigenvalue weighted by atomic mass is 10.2. The number of anilines is 2. The fourth-order valence-electron chi connectivity index (χ4n) is 1.95. The minimum atomic E-state index is 0.895. The second kappa shape index (κ2) is 6.90. The highest BCUT2D eigenvalue weighted by atomic mass is 15.2. The molecule has 0 atom stereocenters. The molecule has 0 saturated carbocycles. The van der Waals surface area contributed by atoms with Crippen molar-refractivity contribution in [1.82, 2.24) is 10.3 Å². The van der Waals surface area contributed by atoms with Crippen LogP contribution in [0, 0.1) is 0 Å². The molecule has 1 heterocycles. The predicted molar refractivity (Wildman–Crippen MR) is 80.7 cm³/mol. The first-order chi connectivity index (χ1) is 9.31. The van der Waals surface area contributed by atoms with Gasteiger partial charge in [-0.05, 0) is 42.8 Å². The van der Waals surface area contributed by atoms with Crippen LogP contribution in [0.5, 0.6) is 0 Å². The zero-order chi connectivity index (χ0) is 13.5. The van der Waals surface area contributed by atoms with E-state index in [0.717, 1.165) is 31.0 Å². The minimum Gasteiger partial charge on any atom is -0.329 e. The monoisotopic (exact) mass is 255 g/mol. The second-order valence-electron chi connectivity index (χ2n) is 4.59. The molecule has 1 N–H and O–H groups in total. The van der Waals surface area contributed by atoms with E-state index in [0.29, 0.717) is 0 Å². The van der Waals surface area contributed by atoms with Gasteiger partial charge in [0.1, 0.15) is 5.82 Å². The maximum atomic E-state index is 4.44. The number of aromatic nitrogens is 1. The highest BCUT2D eigenvalue weighted by Gasteiger charge is 2.05. The molecule has 100 valence electrons. The van der Waals surface area contributed by atoms with Crippen molar-refractivity contribution in [2.24, 2.45) is 0 Å². The van der Waals surface area contributed by atoms with Gasteiger partial charge in [0.15, 0.2) is 0 Å². The van der Waals surface area contributed by atoms with Crippen LogP contribution < -0.4 is 10.2 Å². The van der Waals surface area contributed by atoms with Crippen molar-refractivity contribution in [2.45, 2.75) is 19.9 Å². The Morgan fingerprint density at radius 1 is 1.16 bits per heavy atom. The van der Waals surface area contributed by atoms with Gasteiger partial charge in [-0.2, -0.15) is 0 Å².